The van der Waals surface area contributed by atoms with Crippen LogP contribution >= 0.6 is 0 Å². The second-order valence-electron chi connectivity index (χ2n) is 13.9. The van der Waals surface area contributed by atoms with Crippen LogP contribution in [0.5, 0.6) is 0 Å². The highest BCUT2D eigenvalue weighted by atomic mass is 16.3. The number of allylic oxidation sites excluding steroid dienone is 2. The second kappa shape index (κ2) is 10.4. The molecule has 0 amide bonds. The number of hydrogen-bond acceptors (Lipinski definition) is 3. The summed E-state index contributed by atoms with van der Waals surface area (Å²) in [5, 5.41) is 6.91. The SMILES string of the molecule is C1=CCC2C(=C1)c1c(ccc3c1oc1ccccc13)N2c1ccccc1-c1ccccc1-n1c2ccccc2c2c3oc4ccccc4c3ccc21. The lowest BCUT2D eigenvalue weighted by Crippen LogP contribution is -2.27. The van der Waals surface area contributed by atoms with Gasteiger partial charge in [0.25, 0.3) is 0 Å². The predicted molar refractivity (Wildman–Crippen MR) is 215 cm³/mol. The molecular formula is C48H30N2O2. The Kier molecular flexibility index (Phi) is 5.58. The third kappa shape index (κ3) is 3.65. The Morgan fingerprint density at radius 1 is 0.481 bits per heavy atom. The maximum Gasteiger partial charge on any atom is 0.145 e. The van der Waals surface area contributed by atoms with Gasteiger partial charge in [0.05, 0.1) is 33.8 Å². The van der Waals surface area contributed by atoms with Crippen LogP contribution in [0.2, 0.25) is 0 Å². The molecule has 0 spiro atoms. The summed E-state index contributed by atoms with van der Waals surface area (Å²) in [5.41, 5.74) is 14.3. The lowest BCUT2D eigenvalue weighted by atomic mass is 9.94. The van der Waals surface area contributed by atoms with Gasteiger partial charge in [-0.1, -0.05) is 109 Å². The van der Waals surface area contributed by atoms with Crippen LogP contribution in [0.15, 0.2) is 173 Å². The summed E-state index contributed by atoms with van der Waals surface area (Å²) in [5.74, 6) is 0. The third-order valence-corrected chi connectivity index (χ3v) is 11.3. The molecule has 0 N–H and O–H groups in total. The summed E-state index contributed by atoms with van der Waals surface area (Å²) in [6.45, 7) is 0. The fraction of sp³-hybridized carbons (Fsp3) is 0.0417. The van der Waals surface area contributed by atoms with Gasteiger partial charge in [-0.15, -0.1) is 0 Å². The minimum atomic E-state index is 0.154. The Labute approximate surface area is 298 Å². The van der Waals surface area contributed by atoms with Crippen molar-refractivity contribution >= 4 is 82.6 Å². The first kappa shape index (κ1) is 28.0. The van der Waals surface area contributed by atoms with E-state index in [2.05, 4.69) is 161 Å². The number of rotatable bonds is 3. The summed E-state index contributed by atoms with van der Waals surface area (Å²) in [7, 11) is 0. The van der Waals surface area contributed by atoms with E-state index >= 15 is 0 Å². The summed E-state index contributed by atoms with van der Waals surface area (Å²) in [6, 6.07) is 52.3. The average Bonchev–Trinajstić information content (AvgIpc) is 3.95. The van der Waals surface area contributed by atoms with Gasteiger partial charge < -0.3 is 18.3 Å². The number of benzene rings is 7. The van der Waals surface area contributed by atoms with E-state index in [9.17, 15) is 0 Å². The topological polar surface area (TPSA) is 34.5 Å². The molecule has 1 atom stereocenters. The Bertz CT molecular complexity index is 3190. The minimum Gasteiger partial charge on any atom is -0.455 e. The molecule has 7 aromatic carbocycles. The average molecular weight is 667 g/mol. The van der Waals surface area contributed by atoms with Crippen molar-refractivity contribution < 1.29 is 8.83 Å². The molecule has 52 heavy (non-hydrogen) atoms. The molecule has 2 aliphatic rings. The number of hydrogen-bond donors (Lipinski definition) is 0. The van der Waals surface area contributed by atoms with Crippen LogP contribution in [-0.2, 0) is 0 Å². The molecule has 0 saturated heterocycles. The highest BCUT2D eigenvalue weighted by molar-refractivity contribution is 6.24. The van der Waals surface area contributed by atoms with Gasteiger partial charge in [-0.05, 0) is 66.6 Å². The van der Waals surface area contributed by atoms with Crippen LogP contribution in [0.1, 0.15) is 12.0 Å². The molecule has 244 valence electrons. The molecule has 12 rings (SSSR count). The van der Waals surface area contributed by atoms with Gasteiger partial charge in [0.15, 0.2) is 0 Å². The lowest BCUT2D eigenvalue weighted by molar-refractivity contribution is 0.668. The van der Waals surface area contributed by atoms with Gasteiger partial charge in [0.2, 0.25) is 0 Å². The Hall–Kier alpha value is -6.78. The molecule has 10 aromatic rings. The van der Waals surface area contributed by atoms with Gasteiger partial charge in [-0.25, -0.2) is 0 Å². The molecule has 0 saturated carbocycles. The maximum absolute atomic E-state index is 6.64. The Morgan fingerprint density at radius 2 is 1.10 bits per heavy atom. The number of aromatic nitrogens is 1. The van der Waals surface area contributed by atoms with Crippen LogP contribution in [-0.4, -0.2) is 10.6 Å². The van der Waals surface area contributed by atoms with Gasteiger partial charge in [0, 0.05) is 49.3 Å². The molecule has 1 aliphatic carbocycles. The summed E-state index contributed by atoms with van der Waals surface area (Å²) in [6.07, 6.45) is 7.69. The van der Waals surface area contributed by atoms with Crippen LogP contribution in [0.4, 0.5) is 11.4 Å². The van der Waals surface area contributed by atoms with E-state index in [1.807, 2.05) is 12.1 Å². The van der Waals surface area contributed by atoms with Crippen molar-refractivity contribution in [1.82, 2.24) is 4.57 Å². The summed E-state index contributed by atoms with van der Waals surface area (Å²) >= 11 is 0. The quantitative estimate of drug-likeness (QED) is 0.188. The molecule has 0 fully saturated rings. The summed E-state index contributed by atoms with van der Waals surface area (Å²) in [4.78, 5) is 2.55. The zero-order valence-corrected chi connectivity index (χ0v) is 28.1. The molecule has 4 heterocycles. The molecule has 1 aliphatic heterocycles. The smallest absolute Gasteiger partial charge is 0.145 e. The highest BCUT2D eigenvalue weighted by Gasteiger charge is 2.38. The normalized spacial score (nSPS) is 15.4. The van der Waals surface area contributed by atoms with Gasteiger partial charge in [-0.2, -0.15) is 0 Å². The minimum absolute atomic E-state index is 0.154. The number of nitrogens with zero attached hydrogens (tertiary/aromatic N) is 2. The summed E-state index contributed by atoms with van der Waals surface area (Å²) < 4.78 is 15.7. The molecule has 4 heteroatoms. The molecular weight excluding hydrogens is 637 g/mol. The van der Waals surface area contributed by atoms with Crippen LogP contribution in [0.3, 0.4) is 0 Å². The van der Waals surface area contributed by atoms with Crippen molar-refractivity contribution in [2.24, 2.45) is 0 Å². The zero-order valence-electron chi connectivity index (χ0n) is 28.1. The second-order valence-corrected chi connectivity index (χ2v) is 13.9. The maximum atomic E-state index is 6.64. The third-order valence-electron chi connectivity index (χ3n) is 11.3. The van der Waals surface area contributed by atoms with E-state index in [-0.39, 0.29) is 6.04 Å². The van der Waals surface area contributed by atoms with E-state index in [4.69, 9.17) is 8.83 Å². The molecule has 1 unspecified atom stereocenters. The van der Waals surface area contributed by atoms with E-state index < -0.39 is 0 Å². The number of fused-ring (bicyclic) bond motifs is 14. The monoisotopic (exact) mass is 666 g/mol. The lowest BCUT2D eigenvalue weighted by Gasteiger charge is -2.31. The Morgan fingerprint density at radius 3 is 1.90 bits per heavy atom. The van der Waals surface area contributed by atoms with Gasteiger partial charge >= 0.3 is 0 Å². The van der Waals surface area contributed by atoms with Gasteiger partial charge in [-0.3, -0.25) is 0 Å². The number of furan rings is 2. The first-order chi connectivity index (χ1) is 25.8. The van der Waals surface area contributed by atoms with Crippen molar-refractivity contribution in [2.75, 3.05) is 4.90 Å². The van der Waals surface area contributed by atoms with Crippen LogP contribution in [0, 0.1) is 0 Å². The number of anilines is 2. The number of para-hydroxylation sites is 5. The van der Waals surface area contributed by atoms with E-state index in [1.165, 1.54) is 39.0 Å². The van der Waals surface area contributed by atoms with E-state index in [1.54, 1.807) is 0 Å². The van der Waals surface area contributed by atoms with Crippen LogP contribution in [0.25, 0.3) is 88.1 Å². The zero-order chi connectivity index (χ0) is 33.9. The van der Waals surface area contributed by atoms with Gasteiger partial charge in [0.1, 0.15) is 22.3 Å². The van der Waals surface area contributed by atoms with Crippen molar-refractivity contribution in [2.45, 2.75) is 12.5 Å². The van der Waals surface area contributed by atoms with Crippen molar-refractivity contribution in [1.29, 1.82) is 0 Å². The van der Waals surface area contributed by atoms with Crippen LogP contribution < -0.4 is 4.90 Å². The molecule has 0 radical (unpaired) electrons. The molecule has 4 nitrogen and oxygen atoms in total. The highest BCUT2D eigenvalue weighted by Crippen LogP contribution is 2.53. The first-order valence-corrected chi connectivity index (χ1v) is 18.0. The fourth-order valence-electron chi connectivity index (χ4n) is 9.14. The predicted octanol–water partition coefficient (Wildman–Crippen LogP) is 13.1. The molecule has 3 aromatic heterocycles. The molecule has 0 bridgehead atoms. The standard InChI is InChI=1S/C48H30N2O2/c1-7-19-37(49-39-21-9-3-17-35(39)45-41(49)27-25-33-31-15-5-11-23-43(31)51-47(33)45)29(13-1)30-14-2-8-20-38(30)50-40-22-10-4-18-36(40)46-42(50)28-26-34-32-16-6-12-24-44(32)52-48(34)46/h1-21,23-28,40H,22H2. The Balaban J connectivity index is 1.11. The fourth-order valence-corrected chi connectivity index (χ4v) is 9.14. The van der Waals surface area contributed by atoms with E-state index in [0.29, 0.717) is 0 Å². The van der Waals surface area contributed by atoms with Crippen molar-refractivity contribution in [3.63, 3.8) is 0 Å². The largest absolute Gasteiger partial charge is 0.455 e. The van der Waals surface area contributed by atoms with Crippen molar-refractivity contribution in [3.05, 3.63) is 169 Å². The van der Waals surface area contributed by atoms with Crippen molar-refractivity contribution in [3.8, 4) is 16.8 Å². The first-order valence-electron chi connectivity index (χ1n) is 18.0. The van der Waals surface area contributed by atoms with E-state index in [0.717, 1.165) is 72.4 Å².